The van der Waals surface area contributed by atoms with Crippen LogP contribution in [0.3, 0.4) is 0 Å². The molecule has 2 aromatic carbocycles. The lowest BCUT2D eigenvalue weighted by Gasteiger charge is -2.16. The first-order chi connectivity index (χ1) is 9.61. The highest BCUT2D eigenvalue weighted by Gasteiger charge is 2.09. The maximum absolute atomic E-state index is 9.93. The van der Waals surface area contributed by atoms with Crippen LogP contribution in [0.1, 0.15) is 24.1 Å². The minimum absolute atomic E-state index is 0.187. The van der Waals surface area contributed by atoms with Crippen molar-refractivity contribution in [1.29, 1.82) is 0 Å². The van der Waals surface area contributed by atoms with Crippen LogP contribution in [0.25, 0.3) is 0 Å². The van der Waals surface area contributed by atoms with Crippen LogP contribution in [-0.2, 0) is 6.54 Å². The molecular formula is C16H18BrNO2. The van der Waals surface area contributed by atoms with Crippen molar-refractivity contribution in [3.05, 3.63) is 58.1 Å². The Morgan fingerprint density at radius 1 is 1.25 bits per heavy atom. The van der Waals surface area contributed by atoms with Crippen molar-refractivity contribution in [3.8, 4) is 11.5 Å². The second-order valence-corrected chi connectivity index (χ2v) is 5.47. The molecule has 106 valence electrons. The van der Waals surface area contributed by atoms with Gasteiger partial charge in [-0.25, -0.2) is 0 Å². The first-order valence-corrected chi connectivity index (χ1v) is 7.25. The maximum Gasteiger partial charge on any atom is 0.123 e. The number of nitrogens with one attached hydrogen (secondary N) is 1. The minimum atomic E-state index is 0.187. The molecule has 0 fully saturated rings. The Kier molecular flexibility index (Phi) is 5.04. The number of hydrogen-bond acceptors (Lipinski definition) is 3. The summed E-state index contributed by atoms with van der Waals surface area (Å²) < 4.78 is 6.16. The second kappa shape index (κ2) is 6.77. The van der Waals surface area contributed by atoms with E-state index in [2.05, 4.69) is 34.2 Å². The maximum atomic E-state index is 9.93. The fraction of sp³-hybridized carbons (Fsp3) is 0.250. The van der Waals surface area contributed by atoms with Crippen LogP contribution in [0.2, 0.25) is 0 Å². The predicted octanol–water partition coefficient (Wildman–Crippen LogP) is 4.01. The van der Waals surface area contributed by atoms with E-state index >= 15 is 0 Å². The van der Waals surface area contributed by atoms with Gasteiger partial charge in [0.1, 0.15) is 11.5 Å². The number of phenolic OH excluding ortho intramolecular Hbond substituents is 1. The Balaban J connectivity index is 2.04. The van der Waals surface area contributed by atoms with Gasteiger partial charge in [-0.2, -0.15) is 0 Å². The van der Waals surface area contributed by atoms with Crippen molar-refractivity contribution in [2.24, 2.45) is 0 Å². The van der Waals surface area contributed by atoms with Crippen molar-refractivity contribution in [1.82, 2.24) is 5.32 Å². The number of phenols is 1. The number of aromatic hydroxyl groups is 1. The molecule has 0 aliphatic rings. The Labute approximate surface area is 127 Å². The van der Waals surface area contributed by atoms with E-state index in [0.29, 0.717) is 12.3 Å². The Hall–Kier alpha value is -1.52. The molecule has 0 saturated carbocycles. The number of methoxy groups -OCH3 is 1. The van der Waals surface area contributed by atoms with Gasteiger partial charge in [0.15, 0.2) is 0 Å². The molecule has 0 bridgehead atoms. The smallest absolute Gasteiger partial charge is 0.123 e. The van der Waals surface area contributed by atoms with E-state index < -0.39 is 0 Å². The van der Waals surface area contributed by atoms with E-state index in [1.807, 2.05) is 30.3 Å². The summed E-state index contributed by atoms with van der Waals surface area (Å²) in [5.74, 6) is 0.904. The number of ether oxygens (including phenoxy) is 1. The average Bonchev–Trinajstić information content (AvgIpc) is 2.46. The lowest BCUT2D eigenvalue weighted by molar-refractivity contribution is 0.405. The van der Waals surface area contributed by atoms with Gasteiger partial charge in [-0.05, 0) is 24.6 Å². The second-order valence-electron chi connectivity index (χ2n) is 4.62. The highest BCUT2D eigenvalue weighted by atomic mass is 79.9. The Morgan fingerprint density at radius 3 is 2.65 bits per heavy atom. The molecule has 0 aliphatic carbocycles. The van der Waals surface area contributed by atoms with E-state index in [-0.39, 0.29) is 11.8 Å². The van der Waals surface area contributed by atoms with Gasteiger partial charge < -0.3 is 15.2 Å². The average molecular weight is 336 g/mol. The third-order valence-electron chi connectivity index (χ3n) is 3.26. The standard InChI is InChI=1S/C16H18BrNO2/c1-11(14-5-3-4-6-15(14)17)18-10-12-7-8-13(20-2)9-16(12)19/h3-9,11,18-19H,10H2,1-2H3. The molecular weight excluding hydrogens is 318 g/mol. The predicted molar refractivity (Wildman–Crippen MR) is 84.1 cm³/mol. The minimum Gasteiger partial charge on any atom is -0.507 e. The summed E-state index contributed by atoms with van der Waals surface area (Å²) in [6.07, 6.45) is 0. The molecule has 4 heteroatoms. The largest absolute Gasteiger partial charge is 0.507 e. The lowest BCUT2D eigenvalue weighted by Crippen LogP contribution is -2.18. The summed E-state index contributed by atoms with van der Waals surface area (Å²) >= 11 is 3.55. The van der Waals surface area contributed by atoms with E-state index in [0.717, 1.165) is 10.0 Å². The summed E-state index contributed by atoms with van der Waals surface area (Å²) in [6, 6.07) is 13.6. The van der Waals surface area contributed by atoms with E-state index in [1.54, 1.807) is 13.2 Å². The van der Waals surface area contributed by atoms with Crippen LogP contribution in [0.5, 0.6) is 11.5 Å². The van der Waals surface area contributed by atoms with Gasteiger partial charge in [0.05, 0.1) is 7.11 Å². The van der Waals surface area contributed by atoms with Crippen LogP contribution in [0.15, 0.2) is 46.9 Å². The normalized spacial score (nSPS) is 12.2. The quantitative estimate of drug-likeness (QED) is 0.867. The molecule has 1 unspecified atom stereocenters. The monoisotopic (exact) mass is 335 g/mol. The molecule has 0 aliphatic heterocycles. The van der Waals surface area contributed by atoms with E-state index in [9.17, 15) is 5.11 Å². The van der Waals surface area contributed by atoms with Gasteiger partial charge in [-0.1, -0.05) is 40.2 Å². The molecule has 2 N–H and O–H groups in total. The number of halogens is 1. The topological polar surface area (TPSA) is 41.5 Å². The SMILES string of the molecule is COc1ccc(CNC(C)c2ccccc2Br)c(O)c1. The molecule has 1 atom stereocenters. The zero-order chi connectivity index (χ0) is 14.5. The van der Waals surface area contributed by atoms with Gasteiger partial charge >= 0.3 is 0 Å². The number of rotatable bonds is 5. The van der Waals surface area contributed by atoms with Gasteiger partial charge in [-0.3, -0.25) is 0 Å². The molecule has 0 saturated heterocycles. The third kappa shape index (κ3) is 3.52. The molecule has 2 rings (SSSR count). The van der Waals surface area contributed by atoms with Crippen molar-refractivity contribution >= 4 is 15.9 Å². The summed E-state index contributed by atoms with van der Waals surface area (Å²) in [5, 5.41) is 13.3. The first kappa shape index (κ1) is 14.9. The van der Waals surface area contributed by atoms with Gasteiger partial charge in [0.25, 0.3) is 0 Å². The van der Waals surface area contributed by atoms with E-state index in [1.165, 1.54) is 5.56 Å². The van der Waals surface area contributed by atoms with Gasteiger partial charge in [-0.15, -0.1) is 0 Å². The van der Waals surface area contributed by atoms with Crippen LogP contribution in [0.4, 0.5) is 0 Å². The van der Waals surface area contributed by atoms with Crippen LogP contribution >= 0.6 is 15.9 Å². The molecule has 0 aromatic heterocycles. The summed E-state index contributed by atoms with van der Waals surface area (Å²) in [4.78, 5) is 0. The zero-order valence-electron chi connectivity index (χ0n) is 11.6. The van der Waals surface area contributed by atoms with Crippen LogP contribution < -0.4 is 10.1 Å². The molecule has 3 nitrogen and oxygen atoms in total. The van der Waals surface area contributed by atoms with Crippen molar-refractivity contribution in [2.45, 2.75) is 19.5 Å². The molecule has 0 heterocycles. The van der Waals surface area contributed by atoms with Crippen molar-refractivity contribution < 1.29 is 9.84 Å². The van der Waals surface area contributed by atoms with Gasteiger partial charge in [0.2, 0.25) is 0 Å². The highest BCUT2D eigenvalue weighted by molar-refractivity contribution is 9.10. The summed E-state index contributed by atoms with van der Waals surface area (Å²) in [7, 11) is 1.59. The zero-order valence-corrected chi connectivity index (χ0v) is 13.1. The van der Waals surface area contributed by atoms with Crippen LogP contribution in [-0.4, -0.2) is 12.2 Å². The highest BCUT2D eigenvalue weighted by Crippen LogP contribution is 2.26. The van der Waals surface area contributed by atoms with Crippen molar-refractivity contribution in [3.63, 3.8) is 0 Å². The fourth-order valence-electron chi connectivity index (χ4n) is 2.02. The summed E-state index contributed by atoms with van der Waals surface area (Å²) in [5.41, 5.74) is 2.05. The fourth-order valence-corrected chi connectivity index (χ4v) is 2.65. The Morgan fingerprint density at radius 2 is 2.00 bits per heavy atom. The number of benzene rings is 2. The summed E-state index contributed by atoms with van der Waals surface area (Å²) in [6.45, 7) is 2.69. The molecule has 0 amide bonds. The Bertz CT molecular complexity index is 586. The molecule has 2 aromatic rings. The van der Waals surface area contributed by atoms with E-state index in [4.69, 9.17) is 4.74 Å². The molecule has 0 spiro atoms. The van der Waals surface area contributed by atoms with Crippen LogP contribution in [0, 0.1) is 0 Å². The number of hydrogen-bond donors (Lipinski definition) is 2. The third-order valence-corrected chi connectivity index (χ3v) is 3.99. The molecule has 0 radical (unpaired) electrons. The first-order valence-electron chi connectivity index (χ1n) is 6.45. The van der Waals surface area contributed by atoms with Gasteiger partial charge in [0, 0.05) is 28.7 Å². The van der Waals surface area contributed by atoms with Crippen molar-refractivity contribution in [2.75, 3.05) is 7.11 Å². The lowest BCUT2D eigenvalue weighted by atomic mass is 10.1. The molecule has 20 heavy (non-hydrogen) atoms.